The maximum absolute atomic E-state index is 8.86. The molecule has 2 aromatic carbocycles. The van der Waals surface area contributed by atoms with Crippen molar-refractivity contribution in [1.29, 1.82) is 5.26 Å². The summed E-state index contributed by atoms with van der Waals surface area (Å²) in [4.78, 5) is 4.93. The van der Waals surface area contributed by atoms with Crippen LogP contribution in [0.15, 0.2) is 48.5 Å². The fraction of sp³-hybridized carbons (Fsp3) is 0.381. The summed E-state index contributed by atoms with van der Waals surface area (Å²) in [5.41, 5.74) is 3.23. The Balaban J connectivity index is 1.37. The molecular formula is C21H25N3O. The zero-order chi connectivity index (χ0) is 17.5. The third kappa shape index (κ3) is 5.32. The highest BCUT2D eigenvalue weighted by atomic mass is 16.5. The molecule has 1 fully saturated rings. The Hall–Kier alpha value is -2.35. The average molecular weight is 335 g/mol. The third-order valence-corrected chi connectivity index (χ3v) is 4.62. The summed E-state index contributed by atoms with van der Waals surface area (Å²) in [6.07, 6.45) is 0. The molecule has 130 valence electrons. The quantitative estimate of drug-likeness (QED) is 0.813. The van der Waals surface area contributed by atoms with Crippen molar-refractivity contribution >= 4 is 0 Å². The van der Waals surface area contributed by atoms with Gasteiger partial charge in [-0.3, -0.25) is 9.80 Å². The Morgan fingerprint density at radius 1 is 1.00 bits per heavy atom. The van der Waals surface area contributed by atoms with E-state index < -0.39 is 0 Å². The van der Waals surface area contributed by atoms with Gasteiger partial charge in [-0.05, 0) is 42.3 Å². The van der Waals surface area contributed by atoms with E-state index in [1.165, 1.54) is 11.1 Å². The molecule has 0 N–H and O–H groups in total. The number of benzene rings is 2. The molecular weight excluding hydrogens is 310 g/mol. The Labute approximate surface area is 150 Å². The van der Waals surface area contributed by atoms with Gasteiger partial charge in [0.05, 0.1) is 11.6 Å². The number of nitriles is 1. The molecule has 0 radical (unpaired) electrons. The topological polar surface area (TPSA) is 39.5 Å². The number of aryl methyl sites for hydroxylation is 1. The second-order valence-corrected chi connectivity index (χ2v) is 6.59. The molecule has 4 heteroatoms. The molecule has 4 nitrogen and oxygen atoms in total. The second-order valence-electron chi connectivity index (χ2n) is 6.59. The molecule has 0 saturated carbocycles. The molecule has 0 spiro atoms. The van der Waals surface area contributed by atoms with Gasteiger partial charge in [0.25, 0.3) is 0 Å². The van der Waals surface area contributed by atoms with Gasteiger partial charge < -0.3 is 4.74 Å². The van der Waals surface area contributed by atoms with E-state index in [1.807, 2.05) is 24.3 Å². The van der Waals surface area contributed by atoms with Crippen molar-refractivity contribution in [3.8, 4) is 11.8 Å². The summed E-state index contributed by atoms with van der Waals surface area (Å²) in [6.45, 7) is 9.05. The molecule has 0 amide bonds. The van der Waals surface area contributed by atoms with Crippen molar-refractivity contribution in [1.82, 2.24) is 9.80 Å². The lowest BCUT2D eigenvalue weighted by Crippen LogP contribution is -2.47. The smallest absolute Gasteiger partial charge is 0.119 e. The summed E-state index contributed by atoms with van der Waals surface area (Å²) < 4.78 is 5.85. The average Bonchev–Trinajstić information content (AvgIpc) is 2.64. The summed E-state index contributed by atoms with van der Waals surface area (Å²) in [5, 5.41) is 8.86. The minimum absolute atomic E-state index is 0.724. The number of nitrogens with zero attached hydrogens (tertiary/aromatic N) is 3. The van der Waals surface area contributed by atoms with Crippen LogP contribution >= 0.6 is 0 Å². The van der Waals surface area contributed by atoms with Crippen LogP contribution in [0.25, 0.3) is 0 Å². The van der Waals surface area contributed by atoms with Crippen LogP contribution in [-0.2, 0) is 6.54 Å². The van der Waals surface area contributed by atoms with Gasteiger partial charge in [-0.25, -0.2) is 0 Å². The van der Waals surface area contributed by atoms with Gasteiger partial charge in [0, 0.05) is 39.3 Å². The van der Waals surface area contributed by atoms with Crippen LogP contribution in [0.3, 0.4) is 0 Å². The molecule has 0 aromatic heterocycles. The Kier molecular flexibility index (Phi) is 6.05. The van der Waals surface area contributed by atoms with Crippen molar-refractivity contribution in [3.05, 3.63) is 65.2 Å². The molecule has 0 aliphatic carbocycles. The van der Waals surface area contributed by atoms with Crippen molar-refractivity contribution < 1.29 is 4.74 Å². The molecule has 1 saturated heterocycles. The van der Waals surface area contributed by atoms with E-state index in [0.717, 1.165) is 57.2 Å². The van der Waals surface area contributed by atoms with E-state index in [0.29, 0.717) is 0 Å². The van der Waals surface area contributed by atoms with Gasteiger partial charge in [0.15, 0.2) is 0 Å². The van der Waals surface area contributed by atoms with Gasteiger partial charge in [-0.1, -0.05) is 24.3 Å². The zero-order valence-electron chi connectivity index (χ0n) is 14.8. The van der Waals surface area contributed by atoms with Crippen LogP contribution in [0.5, 0.6) is 5.75 Å². The normalized spacial score (nSPS) is 15.7. The lowest BCUT2D eigenvalue weighted by molar-refractivity contribution is 0.112. The fourth-order valence-electron chi connectivity index (χ4n) is 3.11. The highest BCUT2D eigenvalue weighted by molar-refractivity contribution is 5.31. The summed E-state index contributed by atoms with van der Waals surface area (Å²) in [6, 6.07) is 18.3. The van der Waals surface area contributed by atoms with Gasteiger partial charge in [-0.15, -0.1) is 0 Å². The van der Waals surface area contributed by atoms with Gasteiger partial charge in [0.2, 0.25) is 0 Å². The van der Waals surface area contributed by atoms with Crippen LogP contribution in [0, 0.1) is 18.3 Å². The zero-order valence-corrected chi connectivity index (χ0v) is 14.8. The lowest BCUT2D eigenvalue weighted by Gasteiger charge is -2.34. The van der Waals surface area contributed by atoms with Gasteiger partial charge in [0.1, 0.15) is 12.4 Å². The predicted molar refractivity (Wildman–Crippen MR) is 99.5 cm³/mol. The van der Waals surface area contributed by atoms with E-state index in [-0.39, 0.29) is 0 Å². The molecule has 1 aliphatic rings. The Bertz CT molecular complexity index is 713. The molecule has 1 heterocycles. The highest BCUT2D eigenvalue weighted by Crippen LogP contribution is 2.13. The molecule has 0 unspecified atom stereocenters. The molecule has 3 rings (SSSR count). The first kappa shape index (κ1) is 17.5. The largest absolute Gasteiger partial charge is 0.492 e. The molecule has 2 aromatic rings. The van der Waals surface area contributed by atoms with E-state index in [9.17, 15) is 0 Å². The number of hydrogen-bond acceptors (Lipinski definition) is 4. The maximum atomic E-state index is 8.86. The third-order valence-electron chi connectivity index (χ3n) is 4.62. The van der Waals surface area contributed by atoms with Crippen LogP contribution in [-0.4, -0.2) is 49.1 Å². The number of piperazine rings is 1. The SMILES string of the molecule is Cc1cccc(OCCN2CCN(Cc3ccc(C#N)cc3)CC2)c1. The standard InChI is InChI=1S/C21H25N3O/c1-18-3-2-4-21(15-18)25-14-13-23-9-11-24(12-10-23)17-20-7-5-19(16-22)6-8-20/h2-8,15H,9-14,17H2,1H3. The van der Waals surface area contributed by atoms with E-state index in [1.54, 1.807) is 0 Å². The number of ether oxygens (including phenoxy) is 1. The first-order valence-corrected chi connectivity index (χ1v) is 8.86. The van der Waals surface area contributed by atoms with Crippen molar-refractivity contribution in [2.24, 2.45) is 0 Å². The second kappa shape index (κ2) is 8.66. The summed E-state index contributed by atoms with van der Waals surface area (Å²) in [5.74, 6) is 0.958. The summed E-state index contributed by atoms with van der Waals surface area (Å²) >= 11 is 0. The molecule has 0 atom stereocenters. The van der Waals surface area contributed by atoms with Gasteiger partial charge >= 0.3 is 0 Å². The minimum Gasteiger partial charge on any atom is -0.492 e. The van der Waals surface area contributed by atoms with E-state index in [2.05, 4.69) is 47.1 Å². The maximum Gasteiger partial charge on any atom is 0.119 e. The monoisotopic (exact) mass is 335 g/mol. The first-order chi connectivity index (χ1) is 12.2. The lowest BCUT2D eigenvalue weighted by atomic mass is 10.1. The predicted octanol–water partition coefficient (Wildman–Crippen LogP) is 3.06. The van der Waals surface area contributed by atoms with Crippen molar-refractivity contribution in [2.75, 3.05) is 39.3 Å². The van der Waals surface area contributed by atoms with Gasteiger partial charge in [-0.2, -0.15) is 5.26 Å². The number of hydrogen-bond donors (Lipinski definition) is 0. The minimum atomic E-state index is 0.724. The van der Waals surface area contributed by atoms with Crippen molar-refractivity contribution in [3.63, 3.8) is 0 Å². The van der Waals surface area contributed by atoms with Crippen LogP contribution < -0.4 is 4.74 Å². The Morgan fingerprint density at radius 2 is 1.72 bits per heavy atom. The van der Waals surface area contributed by atoms with Crippen molar-refractivity contribution in [2.45, 2.75) is 13.5 Å². The van der Waals surface area contributed by atoms with Crippen LogP contribution in [0.2, 0.25) is 0 Å². The van der Waals surface area contributed by atoms with Crippen LogP contribution in [0.4, 0.5) is 0 Å². The Morgan fingerprint density at radius 3 is 2.40 bits per heavy atom. The van der Waals surface area contributed by atoms with E-state index in [4.69, 9.17) is 10.00 Å². The summed E-state index contributed by atoms with van der Waals surface area (Å²) in [7, 11) is 0. The number of rotatable bonds is 6. The molecule has 1 aliphatic heterocycles. The van der Waals surface area contributed by atoms with E-state index >= 15 is 0 Å². The molecule has 25 heavy (non-hydrogen) atoms. The highest BCUT2D eigenvalue weighted by Gasteiger charge is 2.16. The fourth-order valence-corrected chi connectivity index (χ4v) is 3.11. The first-order valence-electron chi connectivity index (χ1n) is 8.86. The molecule has 0 bridgehead atoms. The van der Waals surface area contributed by atoms with Crippen LogP contribution in [0.1, 0.15) is 16.7 Å².